The number of hydrogen-bond acceptors (Lipinski definition) is 3. The second-order valence-corrected chi connectivity index (χ2v) is 7.02. The van der Waals surface area contributed by atoms with E-state index in [-0.39, 0.29) is 24.3 Å². The molecule has 1 heterocycles. The molecule has 0 radical (unpaired) electrons. The van der Waals surface area contributed by atoms with Crippen LogP contribution in [0.5, 0.6) is 5.75 Å². The molecule has 3 aromatic carbocycles. The van der Waals surface area contributed by atoms with Gasteiger partial charge in [0.05, 0.1) is 13.2 Å². The number of nitrogens with zero attached hydrogens (tertiary/aromatic N) is 1. The van der Waals surface area contributed by atoms with Gasteiger partial charge in [-0.3, -0.25) is 9.59 Å². The molecule has 0 aliphatic carbocycles. The van der Waals surface area contributed by atoms with Crippen molar-refractivity contribution in [3.63, 3.8) is 0 Å². The van der Waals surface area contributed by atoms with Gasteiger partial charge in [0, 0.05) is 30.3 Å². The van der Waals surface area contributed by atoms with E-state index in [4.69, 9.17) is 4.74 Å². The van der Waals surface area contributed by atoms with Gasteiger partial charge in [0.1, 0.15) is 5.75 Å². The lowest BCUT2D eigenvalue weighted by molar-refractivity contribution is -0.117. The molecule has 0 saturated carbocycles. The van der Waals surface area contributed by atoms with E-state index in [1.54, 1.807) is 12.0 Å². The third-order valence-electron chi connectivity index (χ3n) is 5.08. The number of carbonyl (C=O) groups excluding carboxylic acids is 2. The van der Waals surface area contributed by atoms with Crippen LogP contribution >= 0.6 is 0 Å². The van der Waals surface area contributed by atoms with Gasteiger partial charge < -0.3 is 15.0 Å². The lowest BCUT2D eigenvalue weighted by Crippen LogP contribution is -2.37. The van der Waals surface area contributed by atoms with Gasteiger partial charge in [-0.05, 0) is 35.4 Å². The molecule has 5 nitrogen and oxygen atoms in total. The highest BCUT2D eigenvalue weighted by atomic mass is 16.5. The summed E-state index contributed by atoms with van der Waals surface area (Å²) in [7, 11) is 1.59. The average molecular weight is 386 g/mol. The van der Waals surface area contributed by atoms with Crippen LogP contribution in [0, 0.1) is 0 Å². The van der Waals surface area contributed by atoms with Crippen molar-refractivity contribution in [3.05, 3.63) is 84.4 Å². The molecular weight excluding hydrogens is 364 g/mol. The number of methoxy groups -OCH3 is 1. The Morgan fingerprint density at radius 1 is 0.966 bits per heavy atom. The lowest BCUT2D eigenvalue weighted by Gasteiger charge is -2.18. The van der Waals surface area contributed by atoms with Crippen molar-refractivity contribution in [3.8, 4) is 16.9 Å². The van der Waals surface area contributed by atoms with E-state index in [9.17, 15) is 9.59 Å². The molecule has 1 aliphatic rings. The van der Waals surface area contributed by atoms with Crippen molar-refractivity contribution in [1.29, 1.82) is 0 Å². The van der Waals surface area contributed by atoms with E-state index >= 15 is 0 Å². The summed E-state index contributed by atoms with van der Waals surface area (Å²) in [5, 5.41) is 2.98. The minimum atomic E-state index is -0.227. The largest absolute Gasteiger partial charge is 0.497 e. The van der Waals surface area contributed by atoms with Gasteiger partial charge in [-0.1, -0.05) is 48.5 Å². The SMILES string of the molecule is COc1cccc(N2C[C@@H](NC(=O)c3ccc(-c4ccccc4)cc3)CC2=O)c1. The molecule has 1 N–H and O–H groups in total. The highest BCUT2D eigenvalue weighted by Crippen LogP contribution is 2.26. The summed E-state index contributed by atoms with van der Waals surface area (Å²) in [5.41, 5.74) is 3.52. The van der Waals surface area contributed by atoms with Crippen molar-refractivity contribution in [2.24, 2.45) is 0 Å². The first-order valence-electron chi connectivity index (χ1n) is 9.55. The van der Waals surface area contributed by atoms with Crippen molar-refractivity contribution in [1.82, 2.24) is 5.32 Å². The van der Waals surface area contributed by atoms with Crippen molar-refractivity contribution in [2.75, 3.05) is 18.6 Å². The van der Waals surface area contributed by atoms with Crippen LogP contribution in [0.2, 0.25) is 0 Å². The van der Waals surface area contributed by atoms with E-state index in [0.717, 1.165) is 16.8 Å². The predicted octanol–water partition coefficient (Wildman–Crippen LogP) is 3.90. The molecule has 1 aliphatic heterocycles. The van der Waals surface area contributed by atoms with E-state index in [2.05, 4.69) is 5.32 Å². The fourth-order valence-corrected chi connectivity index (χ4v) is 3.55. The van der Waals surface area contributed by atoms with Gasteiger partial charge in [-0.25, -0.2) is 0 Å². The highest BCUT2D eigenvalue weighted by Gasteiger charge is 2.31. The summed E-state index contributed by atoms with van der Waals surface area (Å²) in [6.07, 6.45) is 0.283. The number of amides is 2. The summed E-state index contributed by atoms with van der Waals surface area (Å²) in [4.78, 5) is 26.8. The van der Waals surface area contributed by atoms with Crippen LogP contribution in [0.3, 0.4) is 0 Å². The summed E-state index contributed by atoms with van der Waals surface area (Å²) in [6.45, 7) is 0.444. The minimum Gasteiger partial charge on any atom is -0.497 e. The number of carbonyl (C=O) groups is 2. The molecule has 0 aromatic heterocycles. The minimum absolute atomic E-state index is 0.0111. The Hall–Kier alpha value is -3.60. The van der Waals surface area contributed by atoms with Gasteiger partial charge >= 0.3 is 0 Å². The molecule has 0 bridgehead atoms. The number of ether oxygens (including phenoxy) is 1. The summed E-state index contributed by atoms with van der Waals surface area (Å²) >= 11 is 0. The first kappa shape index (κ1) is 18.7. The molecule has 0 spiro atoms. The maximum Gasteiger partial charge on any atom is 0.251 e. The number of rotatable bonds is 5. The van der Waals surface area contributed by atoms with Gasteiger partial charge in [0.15, 0.2) is 0 Å². The topological polar surface area (TPSA) is 58.6 Å². The van der Waals surface area contributed by atoms with E-state index < -0.39 is 0 Å². The van der Waals surface area contributed by atoms with E-state index in [0.29, 0.717) is 17.9 Å². The lowest BCUT2D eigenvalue weighted by atomic mass is 10.0. The molecular formula is C24H22N2O3. The molecule has 3 aromatic rings. The van der Waals surface area contributed by atoms with Gasteiger partial charge in [-0.15, -0.1) is 0 Å². The van der Waals surface area contributed by atoms with Crippen LogP contribution in [0.15, 0.2) is 78.9 Å². The van der Waals surface area contributed by atoms with Crippen LogP contribution in [0.1, 0.15) is 16.8 Å². The number of hydrogen-bond donors (Lipinski definition) is 1. The Kier molecular flexibility index (Phi) is 5.29. The smallest absolute Gasteiger partial charge is 0.251 e. The van der Waals surface area contributed by atoms with Crippen LogP contribution in [-0.4, -0.2) is 31.5 Å². The Balaban J connectivity index is 1.42. The maximum atomic E-state index is 12.6. The molecule has 4 rings (SSSR count). The maximum absolute atomic E-state index is 12.6. The standard InChI is InChI=1S/C24H22N2O3/c1-29-22-9-5-8-21(15-22)26-16-20(14-23(26)27)25-24(28)19-12-10-18(11-13-19)17-6-3-2-4-7-17/h2-13,15,20H,14,16H2,1H3,(H,25,28)/t20-/m0/s1. The molecule has 1 saturated heterocycles. The fourth-order valence-electron chi connectivity index (χ4n) is 3.55. The zero-order valence-corrected chi connectivity index (χ0v) is 16.2. The second-order valence-electron chi connectivity index (χ2n) is 7.02. The van der Waals surface area contributed by atoms with Gasteiger partial charge in [0.25, 0.3) is 5.91 Å². The molecule has 1 fully saturated rings. The van der Waals surface area contributed by atoms with Crippen LogP contribution in [0.4, 0.5) is 5.69 Å². The number of anilines is 1. The molecule has 146 valence electrons. The van der Waals surface area contributed by atoms with Crippen LogP contribution in [-0.2, 0) is 4.79 Å². The van der Waals surface area contributed by atoms with Crippen LogP contribution < -0.4 is 15.0 Å². The third-order valence-corrected chi connectivity index (χ3v) is 5.08. The predicted molar refractivity (Wildman–Crippen MR) is 113 cm³/mol. The molecule has 29 heavy (non-hydrogen) atoms. The van der Waals surface area contributed by atoms with Crippen LogP contribution in [0.25, 0.3) is 11.1 Å². The third kappa shape index (κ3) is 4.14. The Labute approximate surface area is 169 Å². The Morgan fingerprint density at radius 2 is 1.69 bits per heavy atom. The quantitative estimate of drug-likeness (QED) is 0.724. The fraction of sp³-hybridized carbons (Fsp3) is 0.167. The monoisotopic (exact) mass is 386 g/mol. The van der Waals surface area contributed by atoms with Gasteiger partial charge in [-0.2, -0.15) is 0 Å². The molecule has 1 atom stereocenters. The average Bonchev–Trinajstić information content (AvgIpc) is 3.14. The van der Waals surface area contributed by atoms with Gasteiger partial charge in [0.2, 0.25) is 5.91 Å². The number of benzene rings is 3. The summed E-state index contributed by atoms with van der Waals surface area (Å²) in [5.74, 6) is 0.513. The molecule has 5 heteroatoms. The summed E-state index contributed by atoms with van der Waals surface area (Å²) in [6, 6.07) is 24.7. The normalized spacial score (nSPS) is 16.0. The highest BCUT2D eigenvalue weighted by molar-refractivity contribution is 5.99. The van der Waals surface area contributed by atoms with E-state index in [1.165, 1.54) is 0 Å². The molecule has 2 amide bonds. The van der Waals surface area contributed by atoms with Crippen molar-refractivity contribution in [2.45, 2.75) is 12.5 Å². The van der Waals surface area contributed by atoms with Crippen molar-refractivity contribution < 1.29 is 14.3 Å². The summed E-state index contributed by atoms with van der Waals surface area (Å²) < 4.78 is 5.23. The zero-order valence-electron chi connectivity index (χ0n) is 16.2. The first-order valence-corrected chi connectivity index (χ1v) is 9.55. The number of nitrogens with one attached hydrogen (secondary N) is 1. The first-order chi connectivity index (χ1) is 14.1. The Bertz CT molecular complexity index is 1020. The zero-order chi connectivity index (χ0) is 20.2. The van der Waals surface area contributed by atoms with E-state index in [1.807, 2.05) is 78.9 Å². The van der Waals surface area contributed by atoms with Crippen molar-refractivity contribution >= 4 is 17.5 Å². The molecule has 0 unspecified atom stereocenters. The Morgan fingerprint density at radius 3 is 2.41 bits per heavy atom. The second kappa shape index (κ2) is 8.19.